The largest absolute Gasteiger partial charge is 0.361 e. The molecular weight excluding hydrogens is 438 g/mol. The Morgan fingerprint density at radius 1 is 1.20 bits per heavy atom. The maximum absolute atomic E-state index is 13.0. The van der Waals surface area contributed by atoms with E-state index in [2.05, 4.69) is 66.1 Å². The SMILES string of the molecule is Cc1ccc2c(c1C)CCN(CCC(C)(N)CCc1c[nH]c3ccc(Br)cc13)C2=O. The molecule has 2 heterocycles. The molecular formula is C25H30BrN3O. The number of nitrogens with two attached hydrogens (primary N) is 1. The van der Waals surface area contributed by atoms with Crippen LogP contribution in [0.1, 0.15) is 52.4 Å². The van der Waals surface area contributed by atoms with Gasteiger partial charge in [-0.2, -0.15) is 0 Å². The van der Waals surface area contributed by atoms with Crippen LogP contribution in [0.2, 0.25) is 0 Å². The van der Waals surface area contributed by atoms with E-state index in [-0.39, 0.29) is 11.4 Å². The van der Waals surface area contributed by atoms with Crippen molar-refractivity contribution in [2.45, 2.75) is 52.0 Å². The Morgan fingerprint density at radius 3 is 2.80 bits per heavy atom. The number of benzene rings is 2. The number of rotatable bonds is 6. The smallest absolute Gasteiger partial charge is 0.254 e. The number of carbonyl (C=O) groups excluding carboxylic acids is 1. The number of hydrogen-bond acceptors (Lipinski definition) is 2. The van der Waals surface area contributed by atoms with Crippen molar-refractivity contribution in [2.75, 3.05) is 13.1 Å². The predicted octanol–water partition coefficient (Wildman–Crippen LogP) is 5.29. The number of aryl methyl sites for hydroxylation is 2. The van der Waals surface area contributed by atoms with Crippen molar-refractivity contribution in [1.29, 1.82) is 0 Å². The third kappa shape index (κ3) is 4.19. The molecule has 5 heteroatoms. The normalized spacial score (nSPS) is 16.0. The number of amides is 1. The van der Waals surface area contributed by atoms with Crippen LogP contribution < -0.4 is 5.73 Å². The third-order valence-electron chi connectivity index (χ3n) is 6.67. The van der Waals surface area contributed by atoms with Gasteiger partial charge in [0.15, 0.2) is 0 Å². The highest BCUT2D eigenvalue weighted by Gasteiger charge is 2.28. The molecule has 4 nitrogen and oxygen atoms in total. The van der Waals surface area contributed by atoms with Crippen molar-refractivity contribution in [3.05, 3.63) is 68.8 Å². The lowest BCUT2D eigenvalue weighted by Crippen LogP contribution is -2.44. The fraction of sp³-hybridized carbons (Fsp3) is 0.400. The van der Waals surface area contributed by atoms with Gasteiger partial charge in [0.2, 0.25) is 0 Å². The van der Waals surface area contributed by atoms with Crippen molar-refractivity contribution >= 4 is 32.7 Å². The second-order valence-electron chi connectivity index (χ2n) is 8.98. The molecule has 1 aromatic heterocycles. The van der Waals surface area contributed by atoms with Gasteiger partial charge in [-0.25, -0.2) is 0 Å². The maximum atomic E-state index is 13.0. The molecule has 1 amide bonds. The fourth-order valence-electron chi connectivity index (χ4n) is 4.42. The van der Waals surface area contributed by atoms with Crippen LogP contribution in [-0.2, 0) is 12.8 Å². The molecule has 2 aromatic carbocycles. The topological polar surface area (TPSA) is 62.1 Å². The lowest BCUT2D eigenvalue weighted by Gasteiger charge is -2.33. The molecule has 0 bridgehead atoms. The summed E-state index contributed by atoms with van der Waals surface area (Å²) < 4.78 is 1.08. The number of aromatic amines is 1. The zero-order valence-corrected chi connectivity index (χ0v) is 19.6. The molecule has 30 heavy (non-hydrogen) atoms. The number of aromatic nitrogens is 1. The van der Waals surface area contributed by atoms with Crippen LogP contribution in [0.15, 0.2) is 41.0 Å². The Morgan fingerprint density at radius 2 is 2.00 bits per heavy atom. The van der Waals surface area contributed by atoms with Crippen LogP contribution in [0, 0.1) is 13.8 Å². The molecule has 1 aliphatic rings. The van der Waals surface area contributed by atoms with E-state index in [1.807, 2.05) is 17.0 Å². The third-order valence-corrected chi connectivity index (χ3v) is 7.16. The first kappa shape index (κ1) is 21.1. The number of H-pyrrole nitrogens is 1. The van der Waals surface area contributed by atoms with E-state index in [1.165, 1.54) is 27.6 Å². The maximum Gasteiger partial charge on any atom is 0.254 e. The molecule has 0 saturated heterocycles. The van der Waals surface area contributed by atoms with Crippen molar-refractivity contribution < 1.29 is 4.79 Å². The summed E-state index contributed by atoms with van der Waals surface area (Å²) in [7, 11) is 0. The first-order valence-corrected chi connectivity index (χ1v) is 11.5. The number of halogens is 1. The van der Waals surface area contributed by atoms with Crippen molar-refractivity contribution in [2.24, 2.45) is 5.73 Å². The van der Waals surface area contributed by atoms with Gasteiger partial charge in [-0.3, -0.25) is 4.79 Å². The van der Waals surface area contributed by atoms with Crippen LogP contribution >= 0.6 is 15.9 Å². The summed E-state index contributed by atoms with van der Waals surface area (Å²) >= 11 is 3.56. The Kier molecular flexibility index (Phi) is 5.78. The summed E-state index contributed by atoms with van der Waals surface area (Å²) in [6.07, 6.45) is 5.61. The molecule has 1 unspecified atom stereocenters. The molecule has 1 atom stereocenters. The zero-order valence-electron chi connectivity index (χ0n) is 18.0. The van der Waals surface area contributed by atoms with Crippen LogP contribution in [0.5, 0.6) is 0 Å². The predicted molar refractivity (Wildman–Crippen MR) is 127 cm³/mol. The minimum absolute atomic E-state index is 0.150. The monoisotopic (exact) mass is 467 g/mol. The summed E-state index contributed by atoms with van der Waals surface area (Å²) in [6, 6.07) is 10.3. The van der Waals surface area contributed by atoms with E-state index in [1.54, 1.807) is 0 Å². The van der Waals surface area contributed by atoms with Gasteiger partial charge < -0.3 is 15.6 Å². The summed E-state index contributed by atoms with van der Waals surface area (Å²) in [5, 5.41) is 1.24. The quantitative estimate of drug-likeness (QED) is 0.517. The molecule has 3 aromatic rings. The van der Waals surface area contributed by atoms with Gasteiger partial charge in [-0.1, -0.05) is 22.0 Å². The standard InChI is InChI=1S/C25H30BrN3O/c1-16-4-6-21-20(17(16)2)9-12-29(24(21)30)13-11-25(3,27)10-8-18-15-28-23-7-5-19(26)14-22(18)23/h4-7,14-15,28H,8-13,27H2,1-3H3. The summed E-state index contributed by atoms with van der Waals surface area (Å²) in [6.45, 7) is 7.82. The zero-order chi connectivity index (χ0) is 21.5. The molecule has 4 rings (SSSR count). The second kappa shape index (κ2) is 8.20. The number of fused-ring (bicyclic) bond motifs is 2. The fourth-order valence-corrected chi connectivity index (χ4v) is 4.78. The highest BCUT2D eigenvalue weighted by atomic mass is 79.9. The van der Waals surface area contributed by atoms with Gasteiger partial charge in [-0.05, 0) is 93.0 Å². The van der Waals surface area contributed by atoms with E-state index in [0.29, 0.717) is 6.54 Å². The van der Waals surface area contributed by atoms with E-state index in [0.717, 1.165) is 47.8 Å². The van der Waals surface area contributed by atoms with E-state index < -0.39 is 0 Å². The molecule has 0 saturated carbocycles. The summed E-state index contributed by atoms with van der Waals surface area (Å²) in [4.78, 5) is 18.3. The molecule has 0 aliphatic carbocycles. The van der Waals surface area contributed by atoms with Gasteiger partial charge in [0, 0.05) is 45.8 Å². The number of hydrogen-bond donors (Lipinski definition) is 2. The Bertz CT molecular complexity index is 1100. The van der Waals surface area contributed by atoms with Crippen LogP contribution in [0.4, 0.5) is 0 Å². The Balaban J connectivity index is 1.38. The molecule has 1 aliphatic heterocycles. The summed E-state index contributed by atoms with van der Waals surface area (Å²) in [5.74, 6) is 0.150. The van der Waals surface area contributed by atoms with E-state index >= 15 is 0 Å². The molecule has 3 N–H and O–H groups in total. The van der Waals surface area contributed by atoms with Crippen LogP contribution in [-0.4, -0.2) is 34.4 Å². The Labute approximate surface area is 187 Å². The molecule has 0 radical (unpaired) electrons. The van der Waals surface area contributed by atoms with Crippen molar-refractivity contribution in [1.82, 2.24) is 9.88 Å². The molecule has 158 valence electrons. The van der Waals surface area contributed by atoms with Gasteiger partial charge in [-0.15, -0.1) is 0 Å². The lowest BCUT2D eigenvalue weighted by atomic mass is 9.89. The number of nitrogens with one attached hydrogen (secondary N) is 1. The average Bonchev–Trinajstić information content (AvgIpc) is 3.11. The lowest BCUT2D eigenvalue weighted by molar-refractivity contribution is 0.0726. The van der Waals surface area contributed by atoms with Gasteiger partial charge >= 0.3 is 0 Å². The van der Waals surface area contributed by atoms with Crippen molar-refractivity contribution in [3.63, 3.8) is 0 Å². The first-order chi connectivity index (χ1) is 14.2. The minimum Gasteiger partial charge on any atom is -0.361 e. The highest BCUT2D eigenvalue weighted by molar-refractivity contribution is 9.10. The van der Waals surface area contributed by atoms with E-state index in [4.69, 9.17) is 5.73 Å². The average molecular weight is 468 g/mol. The molecule has 0 spiro atoms. The number of nitrogens with zero attached hydrogens (tertiary/aromatic N) is 1. The first-order valence-electron chi connectivity index (χ1n) is 10.7. The minimum atomic E-state index is -0.320. The van der Waals surface area contributed by atoms with Crippen molar-refractivity contribution in [3.8, 4) is 0 Å². The van der Waals surface area contributed by atoms with Crippen LogP contribution in [0.3, 0.4) is 0 Å². The Hall–Kier alpha value is -2.11. The van der Waals surface area contributed by atoms with E-state index in [9.17, 15) is 4.79 Å². The second-order valence-corrected chi connectivity index (χ2v) is 9.90. The highest BCUT2D eigenvalue weighted by Crippen LogP contribution is 2.27. The van der Waals surface area contributed by atoms with Gasteiger partial charge in [0.1, 0.15) is 0 Å². The summed E-state index contributed by atoms with van der Waals surface area (Å²) in [5.41, 5.74) is 13.4. The molecule has 0 fully saturated rings. The number of carbonyl (C=O) groups is 1. The van der Waals surface area contributed by atoms with Gasteiger partial charge in [0.25, 0.3) is 5.91 Å². The van der Waals surface area contributed by atoms with Gasteiger partial charge in [0.05, 0.1) is 0 Å². The van der Waals surface area contributed by atoms with Crippen LogP contribution in [0.25, 0.3) is 10.9 Å².